The molecule has 0 saturated carbocycles. The number of hydrogen-bond donors (Lipinski definition) is 1. The molecule has 1 N–H and O–H groups in total. The highest BCUT2D eigenvalue weighted by Gasteiger charge is 2.21. The van der Waals surface area contributed by atoms with E-state index in [1.165, 1.54) is 25.9 Å². The highest BCUT2D eigenvalue weighted by Crippen LogP contribution is 2.23. The van der Waals surface area contributed by atoms with Gasteiger partial charge in [0.25, 0.3) is 0 Å². The Kier molecular flexibility index (Phi) is 5.96. The van der Waals surface area contributed by atoms with Gasteiger partial charge in [-0.3, -0.25) is 4.79 Å². The van der Waals surface area contributed by atoms with Gasteiger partial charge in [0.2, 0.25) is 5.91 Å². The molecule has 1 fully saturated rings. The van der Waals surface area contributed by atoms with Gasteiger partial charge in [0.1, 0.15) is 0 Å². The van der Waals surface area contributed by atoms with Crippen molar-refractivity contribution in [1.82, 2.24) is 10.2 Å². The maximum Gasteiger partial charge on any atom is 0.222 e. The van der Waals surface area contributed by atoms with Gasteiger partial charge < -0.3 is 10.2 Å². The highest BCUT2D eigenvalue weighted by molar-refractivity contribution is 5.77. The van der Waals surface area contributed by atoms with Gasteiger partial charge in [-0.25, -0.2) is 0 Å². The number of nitrogens with one attached hydrogen (secondary N) is 1. The van der Waals surface area contributed by atoms with E-state index >= 15 is 0 Å². The number of carbonyl (C=O) groups excluding carboxylic acids is 1. The highest BCUT2D eigenvalue weighted by atomic mass is 16.1. The molecule has 0 aromatic carbocycles. The summed E-state index contributed by atoms with van der Waals surface area (Å²) < 4.78 is 0. The van der Waals surface area contributed by atoms with E-state index in [9.17, 15) is 4.79 Å². The SMILES string of the molecule is CC(C)C(=O)NCCN1CCC(C(C)C)CC1. The van der Waals surface area contributed by atoms with Gasteiger partial charge in [0.05, 0.1) is 0 Å². The third-order valence-electron chi connectivity index (χ3n) is 3.83. The van der Waals surface area contributed by atoms with Gasteiger partial charge in [0, 0.05) is 19.0 Å². The van der Waals surface area contributed by atoms with Crippen LogP contribution in [0.4, 0.5) is 0 Å². The summed E-state index contributed by atoms with van der Waals surface area (Å²) in [5.41, 5.74) is 0. The lowest BCUT2D eigenvalue weighted by atomic mass is 9.87. The van der Waals surface area contributed by atoms with E-state index in [1.54, 1.807) is 0 Å². The standard InChI is InChI=1S/C14H28N2O/c1-11(2)13-5-8-16(9-6-13)10-7-15-14(17)12(3)4/h11-13H,5-10H2,1-4H3,(H,15,17). The lowest BCUT2D eigenvalue weighted by Crippen LogP contribution is -2.41. The van der Waals surface area contributed by atoms with Gasteiger partial charge in [-0.2, -0.15) is 0 Å². The van der Waals surface area contributed by atoms with Crippen LogP contribution in [0, 0.1) is 17.8 Å². The van der Waals surface area contributed by atoms with Crippen LogP contribution in [0.3, 0.4) is 0 Å². The van der Waals surface area contributed by atoms with Crippen LogP contribution in [-0.2, 0) is 4.79 Å². The second-order valence-electron chi connectivity index (χ2n) is 5.87. The summed E-state index contributed by atoms with van der Waals surface area (Å²) in [7, 11) is 0. The number of carbonyl (C=O) groups is 1. The fourth-order valence-corrected chi connectivity index (χ4v) is 2.38. The minimum absolute atomic E-state index is 0.0988. The molecule has 0 atom stereocenters. The molecule has 0 radical (unpaired) electrons. The zero-order valence-electron chi connectivity index (χ0n) is 11.8. The predicted octanol–water partition coefficient (Wildman–Crippen LogP) is 2.13. The topological polar surface area (TPSA) is 32.3 Å². The Bertz CT molecular complexity index is 230. The van der Waals surface area contributed by atoms with E-state index in [0.717, 1.165) is 24.9 Å². The first-order valence-electron chi connectivity index (χ1n) is 7.00. The van der Waals surface area contributed by atoms with E-state index in [2.05, 4.69) is 24.1 Å². The van der Waals surface area contributed by atoms with E-state index in [0.29, 0.717) is 0 Å². The molecule has 3 nitrogen and oxygen atoms in total. The fourth-order valence-electron chi connectivity index (χ4n) is 2.38. The van der Waals surface area contributed by atoms with Crippen LogP contribution in [0.2, 0.25) is 0 Å². The summed E-state index contributed by atoms with van der Waals surface area (Å²) in [6, 6.07) is 0. The molecule has 0 aromatic rings. The molecule has 0 bridgehead atoms. The number of amides is 1. The molecule has 1 saturated heterocycles. The van der Waals surface area contributed by atoms with Crippen LogP contribution in [0.5, 0.6) is 0 Å². The van der Waals surface area contributed by atoms with Crippen molar-refractivity contribution in [1.29, 1.82) is 0 Å². The summed E-state index contributed by atoms with van der Waals surface area (Å²) in [5.74, 6) is 1.98. The number of rotatable bonds is 5. The number of piperidine rings is 1. The quantitative estimate of drug-likeness (QED) is 0.798. The van der Waals surface area contributed by atoms with Crippen molar-refractivity contribution < 1.29 is 4.79 Å². The molecule has 0 aromatic heterocycles. The van der Waals surface area contributed by atoms with Crippen molar-refractivity contribution >= 4 is 5.91 Å². The van der Waals surface area contributed by atoms with Crippen molar-refractivity contribution in [2.45, 2.75) is 40.5 Å². The van der Waals surface area contributed by atoms with Crippen molar-refractivity contribution in [2.24, 2.45) is 17.8 Å². The van der Waals surface area contributed by atoms with E-state index in [4.69, 9.17) is 0 Å². The van der Waals surface area contributed by atoms with Crippen LogP contribution in [0.25, 0.3) is 0 Å². The van der Waals surface area contributed by atoms with E-state index in [1.807, 2.05) is 13.8 Å². The monoisotopic (exact) mass is 240 g/mol. The van der Waals surface area contributed by atoms with Crippen molar-refractivity contribution in [3.63, 3.8) is 0 Å². The Balaban J connectivity index is 2.12. The van der Waals surface area contributed by atoms with Crippen molar-refractivity contribution in [2.75, 3.05) is 26.2 Å². The van der Waals surface area contributed by atoms with E-state index in [-0.39, 0.29) is 11.8 Å². The van der Waals surface area contributed by atoms with Gasteiger partial charge >= 0.3 is 0 Å². The average molecular weight is 240 g/mol. The lowest BCUT2D eigenvalue weighted by Gasteiger charge is -2.33. The summed E-state index contributed by atoms with van der Waals surface area (Å²) in [6.45, 7) is 12.7. The van der Waals surface area contributed by atoms with Crippen molar-refractivity contribution in [3.8, 4) is 0 Å². The number of hydrogen-bond acceptors (Lipinski definition) is 2. The molecule has 17 heavy (non-hydrogen) atoms. The zero-order valence-corrected chi connectivity index (χ0v) is 11.8. The van der Waals surface area contributed by atoms with Crippen LogP contribution in [-0.4, -0.2) is 37.0 Å². The minimum atomic E-state index is 0.0988. The second kappa shape index (κ2) is 7.00. The molecule has 0 aliphatic carbocycles. The minimum Gasteiger partial charge on any atom is -0.355 e. The second-order valence-corrected chi connectivity index (χ2v) is 5.87. The molecular formula is C14H28N2O. The average Bonchev–Trinajstić information content (AvgIpc) is 2.29. The largest absolute Gasteiger partial charge is 0.355 e. The first kappa shape index (κ1) is 14.5. The Morgan fingerprint density at radius 1 is 1.24 bits per heavy atom. The third kappa shape index (κ3) is 5.07. The smallest absolute Gasteiger partial charge is 0.222 e. The first-order chi connectivity index (χ1) is 8.00. The zero-order chi connectivity index (χ0) is 12.8. The molecule has 1 aliphatic heterocycles. The molecule has 3 heteroatoms. The Hall–Kier alpha value is -0.570. The molecule has 0 spiro atoms. The van der Waals surface area contributed by atoms with E-state index < -0.39 is 0 Å². The Labute approximate surface area is 106 Å². The van der Waals surface area contributed by atoms with Crippen LogP contribution in [0.1, 0.15) is 40.5 Å². The summed E-state index contributed by atoms with van der Waals surface area (Å²) >= 11 is 0. The third-order valence-corrected chi connectivity index (χ3v) is 3.83. The van der Waals surface area contributed by atoms with Crippen LogP contribution in [0.15, 0.2) is 0 Å². The summed E-state index contributed by atoms with van der Waals surface area (Å²) in [5, 5.41) is 2.98. The Morgan fingerprint density at radius 2 is 1.82 bits per heavy atom. The van der Waals surface area contributed by atoms with Gasteiger partial charge in [-0.15, -0.1) is 0 Å². The van der Waals surface area contributed by atoms with Gasteiger partial charge in [-0.05, 0) is 37.8 Å². The number of likely N-dealkylation sites (tertiary alicyclic amines) is 1. The molecule has 1 heterocycles. The van der Waals surface area contributed by atoms with Crippen molar-refractivity contribution in [3.05, 3.63) is 0 Å². The summed E-state index contributed by atoms with van der Waals surface area (Å²) in [6.07, 6.45) is 2.63. The maximum absolute atomic E-state index is 11.4. The van der Waals surface area contributed by atoms with Crippen LogP contribution < -0.4 is 5.32 Å². The normalized spacial score (nSPS) is 18.9. The molecule has 1 aliphatic rings. The molecule has 1 amide bonds. The van der Waals surface area contributed by atoms with Crippen LogP contribution >= 0.6 is 0 Å². The van der Waals surface area contributed by atoms with Gasteiger partial charge in [-0.1, -0.05) is 27.7 Å². The van der Waals surface area contributed by atoms with Gasteiger partial charge in [0.15, 0.2) is 0 Å². The number of nitrogens with zero attached hydrogens (tertiary/aromatic N) is 1. The molecule has 100 valence electrons. The molecule has 1 rings (SSSR count). The predicted molar refractivity (Wildman–Crippen MR) is 71.8 cm³/mol. The fraction of sp³-hybridized carbons (Fsp3) is 0.929. The molecular weight excluding hydrogens is 212 g/mol. The lowest BCUT2D eigenvalue weighted by molar-refractivity contribution is -0.124. The first-order valence-corrected chi connectivity index (χ1v) is 7.00. The molecule has 0 unspecified atom stereocenters. The summed E-state index contributed by atoms with van der Waals surface area (Å²) in [4.78, 5) is 13.9. The Morgan fingerprint density at radius 3 is 2.29 bits per heavy atom. The maximum atomic E-state index is 11.4.